The maximum absolute atomic E-state index is 12.5. The van der Waals surface area contributed by atoms with Crippen LogP contribution in [0.5, 0.6) is 0 Å². The normalized spacial score (nSPS) is 35.0. The second-order valence-corrected chi connectivity index (χ2v) is 10.4. The van der Waals surface area contributed by atoms with Gasteiger partial charge in [0.1, 0.15) is 11.4 Å². The van der Waals surface area contributed by atoms with E-state index in [1.165, 1.54) is 12.8 Å². The first kappa shape index (κ1) is 17.8. The third kappa shape index (κ3) is 2.68. The Morgan fingerprint density at radius 1 is 1.29 bits per heavy atom. The first-order valence-corrected chi connectivity index (χ1v) is 10.7. The van der Waals surface area contributed by atoms with Crippen LogP contribution in [0.2, 0.25) is 0 Å². The molecule has 2 saturated carbocycles. The van der Waals surface area contributed by atoms with Crippen molar-refractivity contribution in [2.45, 2.75) is 45.0 Å². The number of ether oxygens (including phenoxy) is 1. The predicted molar refractivity (Wildman–Crippen MR) is 102 cm³/mol. The number of hydrogen-bond acceptors (Lipinski definition) is 2. The third-order valence-corrected chi connectivity index (χ3v) is 9.05. The number of benzene rings is 1. The van der Waals surface area contributed by atoms with Crippen molar-refractivity contribution < 1.29 is 9.53 Å². The molecule has 0 radical (unpaired) electrons. The molecular weight excluding hydrogens is 318 g/mol. The summed E-state index contributed by atoms with van der Waals surface area (Å²) < 4.78 is 5.99. The van der Waals surface area contributed by atoms with E-state index in [1.54, 1.807) is 0 Å². The highest BCUT2D eigenvalue weighted by molar-refractivity contribution is 7.97. The number of fused-ring (bicyclic) bond motifs is 2. The number of amides is 1. The van der Waals surface area contributed by atoms with Gasteiger partial charge >= 0.3 is 0 Å². The number of methoxy groups -OCH3 is 1. The van der Waals surface area contributed by atoms with E-state index in [2.05, 4.69) is 32.3 Å². The molecule has 24 heavy (non-hydrogen) atoms. The van der Waals surface area contributed by atoms with Gasteiger partial charge in [-0.25, -0.2) is 0 Å². The van der Waals surface area contributed by atoms with Crippen LogP contribution in [0.25, 0.3) is 0 Å². The van der Waals surface area contributed by atoms with E-state index in [-0.39, 0.29) is 33.7 Å². The highest BCUT2D eigenvalue weighted by Crippen LogP contribution is 2.67. The van der Waals surface area contributed by atoms with Crippen molar-refractivity contribution in [1.82, 2.24) is 0 Å². The zero-order valence-electron chi connectivity index (χ0n) is 15.5. The molecule has 3 rings (SSSR count). The number of anilines is 1. The Balaban J connectivity index is 1.71. The van der Waals surface area contributed by atoms with Crippen molar-refractivity contribution in [3.63, 3.8) is 0 Å². The Hall–Kier alpha value is -1.00. The molecule has 1 amide bonds. The molecular formula is C20H30NO2S+. The number of rotatable bonds is 5. The predicted octanol–water partition coefficient (Wildman–Crippen LogP) is 3.71. The van der Waals surface area contributed by atoms with E-state index < -0.39 is 0 Å². The molecule has 1 aromatic carbocycles. The summed E-state index contributed by atoms with van der Waals surface area (Å²) in [6.45, 7) is 7.19. The Bertz CT molecular complexity index is 603. The van der Waals surface area contributed by atoms with Crippen molar-refractivity contribution in [3.8, 4) is 0 Å². The summed E-state index contributed by atoms with van der Waals surface area (Å²) >= 11 is 0. The summed E-state index contributed by atoms with van der Waals surface area (Å²) in [5, 5.41) is 3.52. The van der Waals surface area contributed by atoms with Gasteiger partial charge in [0.25, 0.3) is 5.91 Å². The Kier molecular flexibility index (Phi) is 4.73. The summed E-state index contributed by atoms with van der Waals surface area (Å²) in [5.74, 6) is 1.36. The topological polar surface area (TPSA) is 38.3 Å². The highest BCUT2D eigenvalue weighted by Gasteiger charge is 2.70. The van der Waals surface area contributed by atoms with E-state index >= 15 is 0 Å². The fourth-order valence-electron chi connectivity index (χ4n) is 5.13. The van der Waals surface area contributed by atoms with Crippen LogP contribution in [0.4, 0.5) is 5.69 Å². The first-order valence-electron chi connectivity index (χ1n) is 8.80. The van der Waals surface area contributed by atoms with Gasteiger partial charge in [0, 0.05) is 24.1 Å². The molecule has 0 saturated heterocycles. The Morgan fingerprint density at radius 2 is 1.96 bits per heavy atom. The summed E-state index contributed by atoms with van der Waals surface area (Å²) in [7, 11) is 1.86. The first-order chi connectivity index (χ1) is 11.3. The molecule has 1 aromatic rings. The molecule has 2 bridgehead atoms. The minimum absolute atomic E-state index is 0.0119. The number of hydrogen-bond donors (Lipinski definition) is 1. The molecule has 0 aromatic heterocycles. The molecule has 5 unspecified atom stereocenters. The number of carbonyl (C=O) groups excluding carboxylic acids is 1. The lowest BCUT2D eigenvalue weighted by atomic mass is 9.70. The van der Waals surface area contributed by atoms with Crippen LogP contribution in [0.15, 0.2) is 30.3 Å². The maximum atomic E-state index is 12.5. The van der Waals surface area contributed by atoms with Gasteiger partial charge in [0.2, 0.25) is 0 Å². The van der Waals surface area contributed by atoms with Crippen LogP contribution in [0.3, 0.4) is 0 Å². The fraction of sp³-hybridized carbons (Fsp3) is 0.650. The van der Waals surface area contributed by atoms with Gasteiger partial charge < -0.3 is 10.1 Å². The zero-order chi connectivity index (χ0) is 17.5. The maximum Gasteiger partial charge on any atom is 0.274 e. The van der Waals surface area contributed by atoms with Gasteiger partial charge in [0.05, 0.1) is 6.26 Å². The van der Waals surface area contributed by atoms with Crippen LogP contribution in [0, 0.1) is 16.7 Å². The molecule has 0 aliphatic heterocycles. The second-order valence-electron chi connectivity index (χ2n) is 8.15. The van der Waals surface area contributed by atoms with Gasteiger partial charge in [-0.15, -0.1) is 0 Å². The van der Waals surface area contributed by atoms with E-state index in [9.17, 15) is 4.79 Å². The van der Waals surface area contributed by atoms with Crippen molar-refractivity contribution in [1.29, 1.82) is 0 Å². The van der Waals surface area contributed by atoms with E-state index in [0.717, 1.165) is 5.69 Å². The van der Waals surface area contributed by atoms with Gasteiger partial charge in [-0.3, -0.25) is 4.79 Å². The van der Waals surface area contributed by atoms with Crippen molar-refractivity contribution >= 4 is 22.5 Å². The average molecular weight is 349 g/mol. The summed E-state index contributed by atoms with van der Waals surface area (Å²) in [6, 6.07) is 9.72. The number of nitrogens with one attached hydrogen (secondary N) is 1. The molecule has 0 heterocycles. The molecule has 3 nitrogen and oxygen atoms in total. The Morgan fingerprint density at radius 3 is 2.58 bits per heavy atom. The lowest BCUT2D eigenvalue weighted by Crippen LogP contribution is -2.46. The summed E-state index contributed by atoms with van der Waals surface area (Å²) in [5.41, 5.74) is 1.40. The molecule has 1 N–H and O–H groups in total. The van der Waals surface area contributed by atoms with Crippen LogP contribution >= 0.6 is 0 Å². The quantitative estimate of drug-likeness (QED) is 0.824. The average Bonchev–Trinajstić information content (AvgIpc) is 2.86. The molecule has 4 heteroatoms. The van der Waals surface area contributed by atoms with Gasteiger partial charge in [-0.1, -0.05) is 39.0 Å². The lowest BCUT2D eigenvalue weighted by Gasteiger charge is -2.38. The summed E-state index contributed by atoms with van der Waals surface area (Å²) in [4.78, 5) is 12.5. The van der Waals surface area contributed by atoms with E-state index in [0.29, 0.717) is 16.9 Å². The number of para-hydroxylation sites is 1. The van der Waals surface area contributed by atoms with Crippen LogP contribution in [0.1, 0.15) is 33.6 Å². The van der Waals surface area contributed by atoms with Gasteiger partial charge in [-0.05, 0) is 41.3 Å². The third-order valence-electron chi connectivity index (χ3n) is 6.83. The molecule has 0 spiro atoms. The van der Waals surface area contributed by atoms with E-state index in [4.69, 9.17) is 4.74 Å². The molecule has 5 atom stereocenters. The zero-order valence-corrected chi connectivity index (χ0v) is 16.3. The van der Waals surface area contributed by atoms with E-state index in [1.807, 2.05) is 37.4 Å². The minimum Gasteiger partial charge on any atom is -0.376 e. The lowest BCUT2D eigenvalue weighted by molar-refractivity contribution is -0.113. The van der Waals surface area contributed by atoms with Crippen molar-refractivity contribution in [2.75, 3.05) is 24.4 Å². The molecule has 2 aliphatic carbocycles. The fourth-order valence-corrected chi connectivity index (χ4v) is 7.68. The van der Waals surface area contributed by atoms with Gasteiger partial charge in [-0.2, -0.15) is 0 Å². The van der Waals surface area contributed by atoms with Gasteiger partial charge in [0.15, 0.2) is 5.75 Å². The monoisotopic (exact) mass is 348 g/mol. The second kappa shape index (κ2) is 6.38. The van der Waals surface area contributed by atoms with Crippen molar-refractivity contribution in [2.24, 2.45) is 16.7 Å². The smallest absolute Gasteiger partial charge is 0.274 e. The number of carbonyl (C=O) groups is 1. The Labute approximate surface area is 148 Å². The highest BCUT2D eigenvalue weighted by atomic mass is 32.2. The minimum atomic E-state index is 0.0119. The molecule has 2 aliphatic rings. The van der Waals surface area contributed by atoms with Crippen LogP contribution in [-0.2, 0) is 20.4 Å². The largest absolute Gasteiger partial charge is 0.376 e. The molecule has 2 fully saturated rings. The molecule has 132 valence electrons. The standard InChI is InChI=1S/C20H29NO2S/c1-19(2)15-11-12-20(19,3)18(23-4)17(15)24(5)13-16(22)21-14-9-7-6-8-10-14/h6-10,15,17-18H,11-13H2,1-5H3/p+1. The van der Waals surface area contributed by atoms with Crippen molar-refractivity contribution in [3.05, 3.63) is 30.3 Å². The van der Waals surface area contributed by atoms with Crippen LogP contribution < -0.4 is 5.32 Å². The van der Waals surface area contributed by atoms with Crippen LogP contribution in [-0.4, -0.2) is 36.4 Å². The SMILES string of the molecule is COC1C([S+](C)CC(=O)Nc2ccccc2)C2CCC1(C)C2(C)C. The summed E-state index contributed by atoms with van der Waals surface area (Å²) in [6.07, 6.45) is 5.03.